The van der Waals surface area contributed by atoms with Gasteiger partial charge in [-0.3, -0.25) is 9.59 Å². The molecule has 2 rings (SSSR count). The first kappa shape index (κ1) is 21.9. The summed E-state index contributed by atoms with van der Waals surface area (Å²) >= 11 is 0. The molecule has 0 aliphatic heterocycles. The van der Waals surface area contributed by atoms with Crippen LogP contribution >= 0.6 is 0 Å². The average molecular weight is 400 g/mol. The summed E-state index contributed by atoms with van der Waals surface area (Å²) in [6, 6.07) is 2.42. The smallest absolute Gasteiger partial charge is 0.251 e. The Morgan fingerprint density at radius 1 is 1.25 bits per heavy atom. The second-order valence-corrected chi connectivity index (χ2v) is 6.94. The SMILES string of the molecule is COc1cc(C(=O)N[C@@H](C)CO)cc(NC(=O)C2CCC(F)(F)CC2)c1OC. The molecule has 0 aromatic heterocycles. The van der Waals surface area contributed by atoms with Gasteiger partial charge >= 0.3 is 0 Å². The van der Waals surface area contributed by atoms with Gasteiger partial charge in [-0.05, 0) is 31.9 Å². The normalized spacial score (nSPS) is 17.5. The minimum absolute atomic E-state index is 0.0898. The molecule has 3 N–H and O–H groups in total. The van der Waals surface area contributed by atoms with Crippen molar-refractivity contribution in [2.75, 3.05) is 26.1 Å². The summed E-state index contributed by atoms with van der Waals surface area (Å²) in [6.45, 7) is 1.41. The van der Waals surface area contributed by atoms with Crippen molar-refractivity contribution in [1.29, 1.82) is 0 Å². The van der Waals surface area contributed by atoms with Crippen LogP contribution < -0.4 is 20.1 Å². The summed E-state index contributed by atoms with van der Waals surface area (Å²) in [6.07, 6.45) is -0.473. The molecule has 1 fully saturated rings. The zero-order valence-corrected chi connectivity index (χ0v) is 16.2. The molecular formula is C19H26F2N2O5. The number of anilines is 1. The van der Waals surface area contributed by atoms with E-state index in [4.69, 9.17) is 14.6 Å². The van der Waals surface area contributed by atoms with Crippen LogP contribution in [0.1, 0.15) is 43.0 Å². The van der Waals surface area contributed by atoms with Crippen LogP contribution in [0, 0.1) is 5.92 Å². The van der Waals surface area contributed by atoms with E-state index >= 15 is 0 Å². The number of aliphatic hydroxyl groups excluding tert-OH is 1. The van der Waals surface area contributed by atoms with Crippen LogP contribution in [0.5, 0.6) is 11.5 Å². The van der Waals surface area contributed by atoms with E-state index in [2.05, 4.69) is 10.6 Å². The highest BCUT2D eigenvalue weighted by atomic mass is 19.3. The van der Waals surface area contributed by atoms with Crippen molar-refractivity contribution in [3.05, 3.63) is 17.7 Å². The molecule has 0 spiro atoms. The predicted octanol–water partition coefficient (Wildman–Crippen LogP) is 2.58. The zero-order valence-electron chi connectivity index (χ0n) is 16.2. The average Bonchev–Trinajstić information content (AvgIpc) is 2.66. The van der Waals surface area contributed by atoms with Crippen LogP contribution in [0.2, 0.25) is 0 Å². The maximum absolute atomic E-state index is 13.3. The lowest BCUT2D eigenvalue weighted by atomic mass is 9.86. The van der Waals surface area contributed by atoms with E-state index in [0.29, 0.717) is 0 Å². The molecule has 1 aliphatic rings. The maximum Gasteiger partial charge on any atom is 0.251 e. The number of hydrogen-bond donors (Lipinski definition) is 3. The van der Waals surface area contributed by atoms with Crippen LogP contribution in [0.15, 0.2) is 12.1 Å². The Balaban J connectivity index is 2.25. The van der Waals surface area contributed by atoms with Gasteiger partial charge in [0.15, 0.2) is 11.5 Å². The molecule has 0 saturated heterocycles. The number of amides is 2. The Hall–Kier alpha value is -2.42. The topological polar surface area (TPSA) is 96.9 Å². The van der Waals surface area contributed by atoms with Crippen molar-refractivity contribution >= 4 is 17.5 Å². The minimum atomic E-state index is -2.72. The largest absolute Gasteiger partial charge is 0.493 e. The van der Waals surface area contributed by atoms with Gasteiger partial charge in [0, 0.05) is 30.4 Å². The molecule has 28 heavy (non-hydrogen) atoms. The molecule has 0 bridgehead atoms. The van der Waals surface area contributed by atoms with E-state index in [0.717, 1.165) is 0 Å². The van der Waals surface area contributed by atoms with Gasteiger partial charge in [-0.1, -0.05) is 0 Å². The van der Waals surface area contributed by atoms with Crippen LogP contribution in [0.3, 0.4) is 0 Å². The van der Waals surface area contributed by atoms with Gasteiger partial charge in [-0.25, -0.2) is 8.78 Å². The first-order valence-electron chi connectivity index (χ1n) is 9.07. The number of aliphatic hydroxyl groups is 1. The zero-order chi connectivity index (χ0) is 20.9. The summed E-state index contributed by atoms with van der Waals surface area (Å²) in [5.74, 6) is -3.67. The lowest BCUT2D eigenvalue weighted by molar-refractivity contribution is -0.124. The summed E-state index contributed by atoms with van der Waals surface area (Å²) in [5.41, 5.74) is 0.411. The second-order valence-electron chi connectivity index (χ2n) is 6.94. The Bertz CT molecular complexity index is 717. The number of halogens is 2. The number of benzene rings is 1. The molecule has 1 aliphatic carbocycles. The van der Waals surface area contributed by atoms with E-state index in [1.807, 2.05) is 0 Å². The monoisotopic (exact) mass is 400 g/mol. The molecule has 0 radical (unpaired) electrons. The molecule has 7 nitrogen and oxygen atoms in total. The van der Waals surface area contributed by atoms with Crippen LogP contribution in [-0.4, -0.2) is 49.7 Å². The van der Waals surface area contributed by atoms with Crippen LogP contribution in [-0.2, 0) is 4.79 Å². The quantitative estimate of drug-likeness (QED) is 0.654. The fraction of sp³-hybridized carbons (Fsp3) is 0.579. The molecule has 0 unspecified atom stereocenters. The second kappa shape index (κ2) is 9.18. The van der Waals surface area contributed by atoms with Crippen molar-refractivity contribution in [1.82, 2.24) is 5.32 Å². The number of ether oxygens (including phenoxy) is 2. The maximum atomic E-state index is 13.3. The van der Waals surface area contributed by atoms with Crippen molar-refractivity contribution in [2.24, 2.45) is 5.92 Å². The third kappa shape index (κ3) is 5.31. The van der Waals surface area contributed by atoms with Crippen LogP contribution in [0.4, 0.5) is 14.5 Å². The summed E-state index contributed by atoms with van der Waals surface area (Å²) in [5, 5.41) is 14.4. The first-order valence-corrected chi connectivity index (χ1v) is 9.07. The van der Waals surface area contributed by atoms with E-state index < -0.39 is 29.7 Å². The summed E-state index contributed by atoms with van der Waals surface area (Å²) in [4.78, 5) is 24.9. The van der Waals surface area contributed by atoms with Crippen molar-refractivity contribution in [2.45, 2.75) is 44.6 Å². The van der Waals surface area contributed by atoms with E-state index in [1.165, 1.54) is 26.4 Å². The molecule has 9 heteroatoms. The summed E-state index contributed by atoms with van der Waals surface area (Å²) in [7, 11) is 2.78. The van der Waals surface area contributed by atoms with Gasteiger partial charge in [-0.2, -0.15) is 0 Å². The number of carbonyl (C=O) groups excluding carboxylic acids is 2. The van der Waals surface area contributed by atoms with Gasteiger partial charge in [0.05, 0.1) is 26.5 Å². The van der Waals surface area contributed by atoms with Crippen molar-refractivity contribution in [3.8, 4) is 11.5 Å². The number of rotatable bonds is 7. The number of hydrogen-bond acceptors (Lipinski definition) is 5. The number of carbonyl (C=O) groups is 2. The van der Waals surface area contributed by atoms with Gasteiger partial charge in [0.25, 0.3) is 5.91 Å². The molecule has 1 aromatic rings. The molecular weight excluding hydrogens is 374 g/mol. The fourth-order valence-corrected chi connectivity index (χ4v) is 3.08. The van der Waals surface area contributed by atoms with E-state index in [1.54, 1.807) is 6.92 Å². The molecule has 2 amide bonds. The standard InChI is InChI=1S/C19H26F2N2O5/c1-11(10-24)22-18(26)13-8-14(16(28-3)15(9-13)27-2)23-17(25)12-4-6-19(20,21)7-5-12/h8-9,11-12,24H,4-7,10H2,1-3H3,(H,22,26)(H,23,25)/t11-/m0/s1. The van der Waals surface area contributed by atoms with Gasteiger partial charge < -0.3 is 25.2 Å². The molecule has 0 heterocycles. The van der Waals surface area contributed by atoms with Gasteiger partial charge in [0.1, 0.15) is 0 Å². The highest BCUT2D eigenvalue weighted by Gasteiger charge is 2.37. The number of alkyl halides is 2. The first-order chi connectivity index (χ1) is 13.2. The van der Waals surface area contributed by atoms with Crippen molar-refractivity contribution < 1.29 is 33.0 Å². The van der Waals surface area contributed by atoms with Gasteiger partial charge in [0.2, 0.25) is 11.8 Å². The van der Waals surface area contributed by atoms with E-state index in [-0.39, 0.29) is 55.0 Å². The third-order valence-electron chi connectivity index (χ3n) is 4.74. The minimum Gasteiger partial charge on any atom is -0.493 e. The van der Waals surface area contributed by atoms with E-state index in [9.17, 15) is 18.4 Å². The molecule has 1 aromatic carbocycles. The number of methoxy groups -OCH3 is 2. The van der Waals surface area contributed by atoms with Crippen molar-refractivity contribution in [3.63, 3.8) is 0 Å². The highest BCUT2D eigenvalue weighted by molar-refractivity contribution is 6.00. The Morgan fingerprint density at radius 2 is 1.89 bits per heavy atom. The predicted molar refractivity (Wildman–Crippen MR) is 99.1 cm³/mol. The highest BCUT2D eigenvalue weighted by Crippen LogP contribution is 2.39. The number of nitrogens with one attached hydrogen (secondary N) is 2. The summed E-state index contributed by atoms with van der Waals surface area (Å²) < 4.78 is 37.2. The lowest BCUT2D eigenvalue weighted by Crippen LogP contribution is -2.35. The molecule has 1 atom stereocenters. The molecule has 1 saturated carbocycles. The third-order valence-corrected chi connectivity index (χ3v) is 4.74. The lowest BCUT2D eigenvalue weighted by Gasteiger charge is -2.27. The van der Waals surface area contributed by atoms with Crippen LogP contribution in [0.25, 0.3) is 0 Å². The Kier molecular flexibility index (Phi) is 7.17. The van der Waals surface area contributed by atoms with Gasteiger partial charge in [-0.15, -0.1) is 0 Å². The Labute approximate surface area is 162 Å². The Morgan fingerprint density at radius 3 is 2.43 bits per heavy atom. The molecule has 156 valence electrons. The fourth-order valence-electron chi connectivity index (χ4n) is 3.08.